The van der Waals surface area contributed by atoms with Gasteiger partial charge in [0.1, 0.15) is 18.2 Å². The first-order valence-corrected chi connectivity index (χ1v) is 5.56. The van der Waals surface area contributed by atoms with Crippen LogP contribution in [0.2, 0.25) is 0 Å². The van der Waals surface area contributed by atoms with Crippen LogP contribution in [0.4, 0.5) is 4.39 Å². The molecule has 0 saturated heterocycles. The minimum atomic E-state index is -0.419. The summed E-state index contributed by atoms with van der Waals surface area (Å²) in [7, 11) is 0. The number of carbonyl (C=O) groups excluding carboxylic acids is 1. The van der Waals surface area contributed by atoms with Gasteiger partial charge in [-0.3, -0.25) is 4.79 Å². The molecule has 0 unspecified atom stereocenters. The third-order valence-corrected chi connectivity index (χ3v) is 2.49. The van der Waals surface area contributed by atoms with E-state index in [1.165, 1.54) is 25.1 Å². The molecule has 1 aromatic carbocycles. The van der Waals surface area contributed by atoms with Crippen LogP contribution in [0, 0.1) is 5.82 Å². The van der Waals surface area contributed by atoms with Crippen molar-refractivity contribution >= 4 is 5.78 Å². The molecule has 94 valence electrons. The Hall–Kier alpha value is -2.17. The molecule has 0 aliphatic heterocycles. The van der Waals surface area contributed by atoms with Gasteiger partial charge in [0.05, 0.1) is 18.4 Å². The number of hydrogen-bond acceptors (Lipinski definition) is 3. The molecule has 0 fully saturated rings. The van der Waals surface area contributed by atoms with E-state index in [1.807, 2.05) is 4.57 Å². The minimum Gasteiger partial charge on any atom is -0.491 e. The van der Waals surface area contributed by atoms with Crippen LogP contribution in [0.5, 0.6) is 5.75 Å². The van der Waals surface area contributed by atoms with Crippen molar-refractivity contribution in [2.24, 2.45) is 0 Å². The first-order chi connectivity index (χ1) is 8.66. The topological polar surface area (TPSA) is 44.1 Å². The molecular weight excluding hydrogens is 235 g/mol. The van der Waals surface area contributed by atoms with Gasteiger partial charge in [0, 0.05) is 18.5 Å². The van der Waals surface area contributed by atoms with E-state index in [4.69, 9.17) is 4.74 Å². The molecule has 0 bridgehead atoms. The lowest BCUT2D eigenvalue weighted by Crippen LogP contribution is -2.09. The summed E-state index contributed by atoms with van der Waals surface area (Å²) in [5.41, 5.74) is 0.391. The zero-order valence-electron chi connectivity index (χ0n) is 9.97. The molecule has 2 rings (SSSR count). The molecule has 1 aromatic heterocycles. The standard InChI is InChI=1S/C13H13FN2O2/c1-10(17)12-3-2-11(14)8-13(12)18-7-6-16-5-4-15-9-16/h2-5,8-9H,6-7H2,1H3. The van der Waals surface area contributed by atoms with Gasteiger partial charge in [-0.2, -0.15) is 0 Å². The van der Waals surface area contributed by atoms with Crippen LogP contribution in [0.1, 0.15) is 17.3 Å². The van der Waals surface area contributed by atoms with Crippen LogP contribution < -0.4 is 4.74 Å². The van der Waals surface area contributed by atoms with Gasteiger partial charge in [0.2, 0.25) is 0 Å². The number of nitrogens with zero attached hydrogens (tertiary/aromatic N) is 2. The molecule has 4 nitrogen and oxygen atoms in total. The van der Waals surface area contributed by atoms with Crippen molar-refractivity contribution in [1.82, 2.24) is 9.55 Å². The maximum Gasteiger partial charge on any atom is 0.163 e. The lowest BCUT2D eigenvalue weighted by molar-refractivity contribution is 0.101. The minimum absolute atomic E-state index is 0.146. The zero-order valence-corrected chi connectivity index (χ0v) is 9.97. The highest BCUT2D eigenvalue weighted by Gasteiger charge is 2.09. The average Bonchev–Trinajstić information content (AvgIpc) is 2.82. The third-order valence-electron chi connectivity index (χ3n) is 2.49. The highest BCUT2D eigenvalue weighted by atomic mass is 19.1. The second-order valence-electron chi connectivity index (χ2n) is 3.85. The Bertz CT molecular complexity index is 538. The van der Waals surface area contributed by atoms with Crippen molar-refractivity contribution in [2.45, 2.75) is 13.5 Å². The summed E-state index contributed by atoms with van der Waals surface area (Å²) in [6.45, 7) is 2.36. The van der Waals surface area contributed by atoms with Crippen molar-refractivity contribution in [2.75, 3.05) is 6.61 Å². The predicted molar refractivity (Wildman–Crippen MR) is 64.1 cm³/mol. The Morgan fingerprint density at radius 2 is 2.33 bits per heavy atom. The molecule has 5 heteroatoms. The van der Waals surface area contributed by atoms with E-state index in [0.29, 0.717) is 18.7 Å². The number of halogens is 1. The van der Waals surface area contributed by atoms with Crippen LogP contribution in [0.3, 0.4) is 0 Å². The lowest BCUT2D eigenvalue weighted by Gasteiger charge is -2.10. The molecule has 2 aromatic rings. The van der Waals surface area contributed by atoms with E-state index in [9.17, 15) is 9.18 Å². The quantitative estimate of drug-likeness (QED) is 0.763. The zero-order chi connectivity index (χ0) is 13.0. The van der Waals surface area contributed by atoms with E-state index >= 15 is 0 Å². The van der Waals surface area contributed by atoms with Crippen molar-refractivity contribution in [3.05, 3.63) is 48.3 Å². The summed E-state index contributed by atoms with van der Waals surface area (Å²) < 4.78 is 20.4. The van der Waals surface area contributed by atoms with Gasteiger partial charge in [-0.1, -0.05) is 0 Å². The van der Waals surface area contributed by atoms with E-state index < -0.39 is 5.82 Å². The van der Waals surface area contributed by atoms with Crippen LogP contribution in [0.25, 0.3) is 0 Å². The molecule has 0 radical (unpaired) electrons. The van der Waals surface area contributed by atoms with Crippen LogP contribution in [0.15, 0.2) is 36.9 Å². The number of Topliss-reactive ketones (excluding diaryl/α,β-unsaturated/α-hetero) is 1. The van der Waals surface area contributed by atoms with Crippen LogP contribution in [-0.4, -0.2) is 21.9 Å². The van der Waals surface area contributed by atoms with Crippen LogP contribution >= 0.6 is 0 Å². The monoisotopic (exact) mass is 248 g/mol. The number of imidazole rings is 1. The summed E-state index contributed by atoms with van der Waals surface area (Å²) in [5, 5.41) is 0. The maximum absolute atomic E-state index is 13.1. The lowest BCUT2D eigenvalue weighted by atomic mass is 10.1. The summed E-state index contributed by atoms with van der Waals surface area (Å²) in [6, 6.07) is 3.91. The predicted octanol–water partition coefficient (Wildman–Crippen LogP) is 2.30. The molecule has 0 N–H and O–H groups in total. The average molecular weight is 248 g/mol. The van der Waals surface area contributed by atoms with Gasteiger partial charge in [-0.15, -0.1) is 0 Å². The van der Waals surface area contributed by atoms with E-state index in [-0.39, 0.29) is 11.5 Å². The van der Waals surface area contributed by atoms with Crippen molar-refractivity contribution in [3.8, 4) is 5.75 Å². The largest absolute Gasteiger partial charge is 0.491 e. The molecule has 0 saturated carbocycles. The van der Waals surface area contributed by atoms with Crippen molar-refractivity contribution < 1.29 is 13.9 Å². The molecule has 1 heterocycles. The molecule has 18 heavy (non-hydrogen) atoms. The summed E-state index contributed by atoms with van der Waals surface area (Å²) in [5.74, 6) is -0.284. The second-order valence-corrected chi connectivity index (χ2v) is 3.85. The SMILES string of the molecule is CC(=O)c1ccc(F)cc1OCCn1ccnc1. The second kappa shape index (κ2) is 5.44. The normalized spacial score (nSPS) is 10.3. The fraction of sp³-hybridized carbons (Fsp3) is 0.231. The fourth-order valence-electron chi connectivity index (χ4n) is 1.59. The third kappa shape index (κ3) is 2.94. The molecule has 0 amide bonds. The Morgan fingerprint density at radius 3 is 3.00 bits per heavy atom. The number of rotatable bonds is 5. The van der Waals surface area contributed by atoms with E-state index in [0.717, 1.165) is 0 Å². The Morgan fingerprint density at radius 1 is 1.50 bits per heavy atom. The van der Waals surface area contributed by atoms with Gasteiger partial charge < -0.3 is 9.30 Å². The first-order valence-electron chi connectivity index (χ1n) is 5.56. The highest BCUT2D eigenvalue weighted by molar-refractivity contribution is 5.96. The molecule has 0 aliphatic carbocycles. The molecular formula is C13H13FN2O2. The molecule has 0 aliphatic rings. The summed E-state index contributed by atoms with van der Waals surface area (Å²) in [6.07, 6.45) is 5.14. The van der Waals surface area contributed by atoms with E-state index in [2.05, 4.69) is 4.98 Å². The van der Waals surface area contributed by atoms with Gasteiger partial charge >= 0.3 is 0 Å². The summed E-state index contributed by atoms with van der Waals surface area (Å²) in [4.78, 5) is 15.3. The number of benzene rings is 1. The molecule has 0 atom stereocenters. The van der Waals surface area contributed by atoms with Gasteiger partial charge in [0.25, 0.3) is 0 Å². The molecule has 0 spiro atoms. The summed E-state index contributed by atoms with van der Waals surface area (Å²) >= 11 is 0. The number of hydrogen-bond donors (Lipinski definition) is 0. The Labute approximate surface area is 104 Å². The number of carbonyl (C=O) groups is 1. The number of ketones is 1. The van der Waals surface area contributed by atoms with Gasteiger partial charge in [-0.25, -0.2) is 9.37 Å². The smallest absolute Gasteiger partial charge is 0.163 e. The van der Waals surface area contributed by atoms with Crippen LogP contribution in [-0.2, 0) is 6.54 Å². The maximum atomic E-state index is 13.1. The van der Waals surface area contributed by atoms with Crippen molar-refractivity contribution in [3.63, 3.8) is 0 Å². The fourth-order valence-corrected chi connectivity index (χ4v) is 1.59. The van der Waals surface area contributed by atoms with Gasteiger partial charge in [-0.05, 0) is 19.1 Å². The highest BCUT2D eigenvalue weighted by Crippen LogP contribution is 2.20. The number of ether oxygens (including phenoxy) is 1. The Kier molecular flexibility index (Phi) is 3.72. The number of aromatic nitrogens is 2. The Balaban J connectivity index is 2.03. The van der Waals surface area contributed by atoms with Crippen molar-refractivity contribution in [1.29, 1.82) is 0 Å². The first kappa shape index (κ1) is 12.3. The van der Waals surface area contributed by atoms with E-state index in [1.54, 1.807) is 18.7 Å². The van der Waals surface area contributed by atoms with Gasteiger partial charge in [0.15, 0.2) is 5.78 Å².